The summed E-state index contributed by atoms with van der Waals surface area (Å²) in [7, 11) is 10.7. The minimum Gasteiger partial charge on any atom is -0.506 e. The van der Waals surface area contributed by atoms with Crippen LogP contribution in [0, 0.1) is 22.7 Å². The summed E-state index contributed by atoms with van der Waals surface area (Å²) in [6.45, 7) is 3.94. The van der Waals surface area contributed by atoms with Crippen LogP contribution in [0.1, 0.15) is 41.1 Å². The molecule has 5 rings (SSSR count). The normalized spacial score (nSPS) is 31.7. The molecular formula is C32H40N4O7S. The summed E-state index contributed by atoms with van der Waals surface area (Å²) >= 11 is 1.48. The van der Waals surface area contributed by atoms with Crippen LogP contribution in [-0.2, 0) is 32.1 Å². The molecule has 1 aromatic heterocycles. The molecule has 1 aromatic carbocycles. The van der Waals surface area contributed by atoms with Gasteiger partial charge < -0.3 is 25.7 Å². The summed E-state index contributed by atoms with van der Waals surface area (Å²) in [4.78, 5) is 75.9. The third-order valence-corrected chi connectivity index (χ3v) is 10.9. The molecule has 1 heterocycles. The van der Waals surface area contributed by atoms with Gasteiger partial charge in [0.15, 0.2) is 34.7 Å². The maximum Gasteiger partial charge on any atom is 0.235 e. The molecule has 3 aliphatic carbocycles. The Morgan fingerprint density at radius 1 is 1.05 bits per heavy atom. The van der Waals surface area contributed by atoms with Gasteiger partial charge in [-0.25, -0.2) is 0 Å². The van der Waals surface area contributed by atoms with Gasteiger partial charge in [-0.3, -0.25) is 28.9 Å². The largest absolute Gasteiger partial charge is 0.506 e. The van der Waals surface area contributed by atoms with Crippen molar-refractivity contribution in [3.05, 3.63) is 34.2 Å². The number of thiophene rings is 1. The zero-order valence-corrected chi connectivity index (χ0v) is 27.2. The molecule has 0 bridgehead atoms. The van der Waals surface area contributed by atoms with Gasteiger partial charge in [-0.1, -0.05) is 13.8 Å². The second-order valence-electron chi connectivity index (χ2n) is 13.8. The average Bonchev–Trinajstić information content (AvgIpc) is 3.33. The van der Waals surface area contributed by atoms with Crippen molar-refractivity contribution in [3.63, 3.8) is 0 Å². The summed E-state index contributed by atoms with van der Waals surface area (Å²) in [6.07, 6.45) is 0.105. The highest BCUT2D eigenvalue weighted by Gasteiger charge is 2.76. The molecule has 11 nitrogen and oxygen atoms in total. The first kappa shape index (κ1) is 32.0. The summed E-state index contributed by atoms with van der Waals surface area (Å²) < 4.78 is 0. The molecule has 0 spiro atoms. The highest BCUT2D eigenvalue weighted by molar-refractivity contribution is 7.15. The van der Waals surface area contributed by atoms with Crippen molar-refractivity contribution in [1.82, 2.24) is 9.80 Å². The molecule has 2 aromatic rings. The summed E-state index contributed by atoms with van der Waals surface area (Å²) in [5, 5.41) is 23.9. The number of anilines is 1. The molecule has 2 saturated carbocycles. The monoisotopic (exact) mass is 624 g/mol. The predicted molar refractivity (Wildman–Crippen MR) is 166 cm³/mol. The maximum absolute atomic E-state index is 14.5. The van der Waals surface area contributed by atoms with E-state index in [9.17, 15) is 34.2 Å². The molecular weight excluding hydrogens is 584 g/mol. The first-order valence-electron chi connectivity index (χ1n) is 14.5. The minimum absolute atomic E-state index is 0.0215. The number of rotatable bonds is 6. The van der Waals surface area contributed by atoms with Crippen LogP contribution < -0.4 is 10.6 Å². The first-order valence-corrected chi connectivity index (χ1v) is 15.3. The number of likely N-dealkylation sites (N-methyl/N-ethyl adjacent to an activating group) is 1. The van der Waals surface area contributed by atoms with Gasteiger partial charge in [0.1, 0.15) is 5.75 Å². The Morgan fingerprint density at radius 3 is 2.23 bits per heavy atom. The third kappa shape index (κ3) is 4.22. The molecule has 44 heavy (non-hydrogen) atoms. The number of aromatic hydroxyl groups is 1. The Labute approximate surface area is 260 Å². The van der Waals surface area contributed by atoms with Crippen molar-refractivity contribution in [1.29, 1.82) is 0 Å². The van der Waals surface area contributed by atoms with Crippen molar-refractivity contribution in [2.45, 2.75) is 44.9 Å². The van der Waals surface area contributed by atoms with Gasteiger partial charge in [-0.2, -0.15) is 0 Å². The fourth-order valence-electron chi connectivity index (χ4n) is 8.27. The van der Waals surface area contributed by atoms with Gasteiger partial charge in [0.05, 0.1) is 17.5 Å². The Morgan fingerprint density at radius 2 is 1.68 bits per heavy atom. The van der Waals surface area contributed by atoms with Crippen molar-refractivity contribution < 1.29 is 34.2 Å². The molecule has 236 valence electrons. The number of primary amides is 1. The smallest absolute Gasteiger partial charge is 0.235 e. The van der Waals surface area contributed by atoms with E-state index in [2.05, 4.69) is 0 Å². The summed E-state index contributed by atoms with van der Waals surface area (Å²) in [5.41, 5.74) is 1.49. The lowest BCUT2D eigenvalue weighted by atomic mass is 9.42. The summed E-state index contributed by atoms with van der Waals surface area (Å²) in [5.74, 6) is -8.91. The zero-order valence-electron chi connectivity index (χ0n) is 26.3. The van der Waals surface area contributed by atoms with Crippen molar-refractivity contribution >= 4 is 46.1 Å². The van der Waals surface area contributed by atoms with Crippen LogP contribution in [0.25, 0.3) is 10.4 Å². The van der Waals surface area contributed by atoms with E-state index in [1.165, 1.54) is 23.2 Å². The van der Waals surface area contributed by atoms with Crippen LogP contribution in [0.5, 0.6) is 5.75 Å². The van der Waals surface area contributed by atoms with Crippen molar-refractivity contribution in [3.8, 4) is 16.2 Å². The Bertz CT molecular complexity index is 1630. The van der Waals surface area contributed by atoms with Crippen LogP contribution in [-0.4, -0.2) is 103 Å². The molecule has 1 amide bonds. The van der Waals surface area contributed by atoms with Crippen LogP contribution >= 0.6 is 11.3 Å². The quantitative estimate of drug-likeness (QED) is 0.402. The molecule has 0 aliphatic heterocycles. The number of hydrogen-bond donors (Lipinski definition) is 3. The van der Waals surface area contributed by atoms with E-state index in [0.29, 0.717) is 23.4 Å². The standard InChI is InChI=1S/C32H40N4O7S/c1-30-12-17-18(35(5)6)11-16(19-10-9-15(44-19)13-34(3)4)23(37)20(17)24(38)22(30)28(41)32(43)27(40)21(29(33)42)25(39)26(36(7)8)31(32,2)14-30/h9-11,21-22,26,37,43H,12-14H2,1-8H3,(H2,33,42)/t21?,22?,26-,30+,31+,32-/m1/s1. The van der Waals surface area contributed by atoms with Crippen LogP contribution in [0.15, 0.2) is 18.2 Å². The number of nitrogens with zero attached hydrogens (tertiary/aromatic N) is 3. The van der Waals surface area contributed by atoms with Crippen LogP contribution in [0.4, 0.5) is 5.69 Å². The van der Waals surface area contributed by atoms with E-state index in [1.807, 2.05) is 56.2 Å². The minimum atomic E-state index is -2.83. The van der Waals surface area contributed by atoms with Gasteiger partial charge in [0, 0.05) is 47.1 Å². The topological polar surface area (TPSA) is 162 Å². The number of amides is 1. The lowest BCUT2D eigenvalue weighted by molar-refractivity contribution is -0.203. The van der Waals surface area contributed by atoms with E-state index in [4.69, 9.17) is 5.73 Å². The molecule has 4 N–H and O–H groups in total. The van der Waals surface area contributed by atoms with Crippen LogP contribution in [0.2, 0.25) is 0 Å². The number of fused-ring (bicyclic) bond motifs is 3. The van der Waals surface area contributed by atoms with Gasteiger partial charge in [-0.05, 0) is 70.2 Å². The number of aliphatic hydroxyl groups is 1. The van der Waals surface area contributed by atoms with E-state index in [-0.39, 0.29) is 24.2 Å². The first-order chi connectivity index (χ1) is 20.3. The average molecular weight is 625 g/mol. The highest BCUT2D eigenvalue weighted by Crippen LogP contribution is 2.62. The van der Waals surface area contributed by atoms with E-state index in [1.54, 1.807) is 21.0 Å². The van der Waals surface area contributed by atoms with Gasteiger partial charge in [-0.15, -0.1) is 11.3 Å². The number of phenolic OH excluding ortho intramolecular Hbond substituents is 1. The van der Waals surface area contributed by atoms with E-state index < -0.39 is 63.3 Å². The predicted octanol–water partition coefficient (Wildman–Crippen LogP) is 1.50. The van der Waals surface area contributed by atoms with Gasteiger partial charge in [0.25, 0.3) is 0 Å². The molecule has 0 radical (unpaired) electrons. The maximum atomic E-state index is 14.5. The number of benzene rings is 1. The van der Waals surface area contributed by atoms with Crippen LogP contribution in [0.3, 0.4) is 0 Å². The fraction of sp³-hybridized carbons (Fsp3) is 0.531. The second-order valence-corrected chi connectivity index (χ2v) is 15.0. The number of hydrogen-bond acceptors (Lipinski definition) is 11. The second kappa shape index (κ2) is 10.3. The summed E-state index contributed by atoms with van der Waals surface area (Å²) in [6, 6.07) is 4.47. The number of carbonyl (C=O) groups is 5. The lowest BCUT2D eigenvalue weighted by Gasteiger charge is -2.61. The van der Waals surface area contributed by atoms with Crippen molar-refractivity contribution in [2.24, 2.45) is 28.4 Å². The number of nitrogens with two attached hydrogens (primary N) is 1. The van der Waals surface area contributed by atoms with Gasteiger partial charge in [0.2, 0.25) is 5.91 Å². The molecule has 2 fully saturated rings. The highest BCUT2D eigenvalue weighted by atomic mass is 32.1. The lowest BCUT2D eigenvalue weighted by Crippen LogP contribution is -2.79. The van der Waals surface area contributed by atoms with E-state index in [0.717, 1.165) is 9.75 Å². The number of phenols is 1. The Balaban J connectivity index is 1.73. The molecule has 12 heteroatoms. The SMILES string of the molecule is CN(C)Cc1ccc(-c2cc(N(C)C)c3c(c2O)C(=O)C2C(=O)[C@]4(O)C(=O)C(C(N)=O)C(=O)[C@@H](N(C)C)[C@]4(C)C[C@]2(C)C3)s1. The Hall–Kier alpha value is -3.45. The zero-order chi connectivity index (χ0) is 32.8. The van der Waals surface area contributed by atoms with Gasteiger partial charge >= 0.3 is 0 Å². The third-order valence-electron chi connectivity index (χ3n) is 9.84. The number of ketones is 4. The number of carbonyl (C=O) groups excluding carboxylic acids is 5. The molecule has 6 atom stereocenters. The fourth-order valence-corrected chi connectivity index (χ4v) is 9.42. The van der Waals surface area contributed by atoms with E-state index >= 15 is 0 Å². The van der Waals surface area contributed by atoms with Crippen molar-refractivity contribution in [2.75, 3.05) is 47.2 Å². The molecule has 3 aliphatic rings. The number of Topliss-reactive ketones (excluding diaryl/α,β-unsaturated/α-hetero) is 4. The molecule has 2 unspecified atom stereocenters. The molecule has 0 saturated heterocycles. The Kier molecular flexibility index (Phi) is 7.48.